The van der Waals surface area contributed by atoms with Crippen molar-refractivity contribution in [2.75, 3.05) is 26.2 Å². The molecule has 1 aromatic rings. The molecule has 0 unspecified atom stereocenters. The Bertz CT molecular complexity index is 667. The van der Waals surface area contributed by atoms with Crippen molar-refractivity contribution in [1.82, 2.24) is 9.80 Å². The van der Waals surface area contributed by atoms with E-state index in [2.05, 4.69) is 23.6 Å². The number of hydrogen-bond donors (Lipinski definition) is 0. The Morgan fingerprint density at radius 1 is 1.31 bits per heavy atom. The highest BCUT2D eigenvalue weighted by atomic mass is 16.6. The number of benzene rings is 1. The lowest BCUT2D eigenvalue weighted by Crippen LogP contribution is -2.59. The summed E-state index contributed by atoms with van der Waals surface area (Å²) in [5.74, 6) is -0.208. The van der Waals surface area contributed by atoms with Crippen LogP contribution in [0.15, 0.2) is 24.3 Å². The fraction of sp³-hybridized carbons (Fsp3) is 0.632. The van der Waals surface area contributed by atoms with Gasteiger partial charge in [-0.2, -0.15) is 0 Å². The van der Waals surface area contributed by atoms with E-state index >= 15 is 0 Å². The predicted octanol–water partition coefficient (Wildman–Crippen LogP) is 2.83. The van der Waals surface area contributed by atoms with E-state index in [1.165, 1.54) is 6.07 Å². The molecule has 1 aliphatic heterocycles. The molecule has 0 radical (unpaired) electrons. The van der Waals surface area contributed by atoms with Gasteiger partial charge in [0.05, 0.1) is 11.5 Å². The summed E-state index contributed by atoms with van der Waals surface area (Å²) in [6, 6.07) is 6.77. The first-order valence-electron chi connectivity index (χ1n) is 8.89. The van der Waals surface area contributed by atoms with Gasteiger partial charge in [-0.3, -0.25) is 24.7 Å². The number of ether oxygens (including phenoxy) is 1. The van der Waals surface area contributed by atoms with Gasteiger partial charge >= 0.3 is 5.97 Å². The summed E-state index contributed by atoms with van der Waals surface area (Å²) in [6.07, 6.45) is 0. The number of nitro groups is 1. The third kappa shape index (κ3) is 5.78. The number of hydrogen-bond acceptors (Lipinski definition) is 6. The van der Waals surface area contributed by atoms with Gasteiger partial charge in [0.25, 0.3) is 5.69 Å². The molecule has 0 amide bonds. The van der Waals surface area contributed by atoms with E-state index in [-0.39, 0.29) is 28.7 Å². The van der Waals surface area contributed by atoms with Crippen LogP contribution in [0.5, 0.6) is 0 Å². The van der Waals surface area contributed by atoms with Crippen molar-refractivity contribution in [2.45, 2.75) is 52.3 Å². The van der Waals surface area contributed by atoms with E-state index < -0.39 is 5.60 Å². The zero-order chi connectivity index (χ0) is 19.5. The standard InChI is InChI=1S/C19H29N3O4/c1-18(2,3)26-17(23)13-20-9-10-21(19(4,5)14-20)12-15-7-6-8-16(11-15)22(24)25/h6-8,11H,9-10,12-14H2,1-5H3. The number of carbonyl (C=O) groups excluding carboxylic acids is 1. The van der Waals surface area contributed by atoms with E-state index in [1.54, 1.807) is 12.1 Å². The molecule has 0 aromatic heterocycles. The second kappa shape index (κ2) is 7.72. The number of nitrogens with zero attached hydrogens (tertiary/aromatic N) is 3. The van der Waals surface area contributed by atoms with Crippen molar-refractivity contribution >= 4 is 11.7 Å². The lowest BCUT2D eigenvalue weighted by Gasteiger charge is -2.47. The Morgan fingerprint density at radius 2 is 2.00 bits per heavy atom. The Balaban J connectivity index is 1.97. The van der Waals surface area contributed by atoms with Gasteiger partial charge in [-0.25, -0.2) is 0 Å². The van der Waals surface area contributed by atoms with E-state index in [0.717, 1.165) is 25.2 Å². The fourth-order valence-corrected chi connectivity index (χ4v) is 3.26. The number of non-ortho nitro benzene ring substituents is 1. The number of nitro benzene ring substituents is 1. The Labute approximate surface area is 155 Å². The first-order chi connectivity index (χ1) is 12.0. The molecular weight excluding hydrogens is 334 g/mol. The van der Waals surface area contributed by atoms with E-state index in [1.807, 2.05) is 26.8 Å². The van der Waals surface area contributed by atoms with Crippen LogP contribution in [0.25, 0.3) is 0 Å². The molecule has 7 heteroatoms. The minimum atomic E-state index is -0.476. The quantitative estimate of drug-likeness (QED) is 0.455. The highest BCUT2D eigenvalue weighted by molar-refractivity contribution is 5.72. The second-order valence-electron chi connectivity index (χ2n) is 8.46. The zero-order valence-corrected chi connectivity index (χ0v) is 16.3. The van der Waals surface area contributed by atoms with E-state index in [9.17, 15) is 14.9 Å². The van der Waals surface area contributed by atoms with Gasteiger partial charge in [0.1, 0.15) is 5.60 Å². The number of rotatable bonds is 5. The second-order valence-corrected chi connectivity index (χ2v) is 8.46. The fourth-order valence-electron chi connectivity index (χ4n) is 3.26. The topological polar surface area (TPSA) is 75.9 Å². The molecule has 0 N–H and O–H groups in total. The minimum absolute atomic E-state index is 0.115. The molecule has 1 heterocycles. The first-order valence-corrected chi connectivity index (χ1v) is 8.89. The summed E-state index contributed by atoms with van der Waals surface area (Å²) in [5, 5.41) is 11.0. The highest BCUT2D eigenvalue weighted by Gasteiger charge is 2.34. The molecule has 1 aliphatic rings. The average molecular weight is 363 g/mol. The molecule has 0 spiro atoms. The van der Waals surface area contributed by atoms with Crippen LogP contribution in [0, 0.1) is 10.1 Å². The van der Waals surface area contributed by atoms with Gasteiger partial charge in [0.15, 0.2) is 0 Å². The summed E-state index contributed by atoms with van der Waals surface area (Å²) in [5.41, 5.74) is 0.415. The van der Waals surface area contributed by atoms with Crippen molar-refractivity contribution in [1.29, 1.82) is 0 Å². The minimum Gasteiger partial charge on any atom is -0.459 e. The molecule has 1 fully saturated rings. The largest absolute Gasteiger partial charge is 0.459 e. The summed E-state index contributed by atoms with van der Waals surface area (Å²) in [6.45, 7) is 13.1. The highest BCUT2D eigenvalue weighted by Crippen LogP contribution is 2.24. The molecule has 7 nitrogen and oxygen atoms in total. The number of esters is 1. The lowest BCUT2D eigenvalue weighted by atomic mass is 9.97. The molecular formula is C19H29N3O4. The van der Waals surface area contributed by atoms with Crippen molar-refractivity contribution in [3.8, 4) is 0 Å². The van der Waals surface area contributed by atoms with Crippen molar-refractivity contribution in [3.05, 3.63) is 39.9 Å². The van der Waals surface area contributed by atoms with Crippen LogP contribution in [0.3, 0.4) is 0 Å². The molecule has 0 bridgehead atoms. The monoisotopic (exact) mass is 363 g/mol. The summed E-state index contributed by atoms with van der Waals surface area (Å²) in [4.78, 5) is 27.1. The third-order valence-corrected chi connectivity index (χ3v) is 4.42. The molecule has 144 valence electrons. The Kier molecular flexibility index (Phi) is 6.03. The number of piperazine rings is 1. The third-order valence-electron chi connectivity index (χ3n) is 4.42. The van der Waals surface area contributed by atoms with Gasteiger partial charge in [0, 0.05) is 43.9 Å². The molecule has 0 atom stereocenters. The first kappa shape index (κ1) is 20.3. The molecule has 26 heavy (non-hydrogen) atoms. The van der Waals surface area contributed by atoms with E-state index in [4.69, 9.17) is 4.74 Å². The molecule has 1 aromatic carbocycles. The summed E-state index contributed by atoms with van der Waals surface area (Å²) < 4.78 is 5.41. The SMILES string of the molecule is CC(C)(C)OC(=O)CN1CCN(Cc2cccc([N+](=O)[O-])c2)C(C)(C)C1. The van der Waals surface area contributed by atoms with Crippen molar-refractivity contribution in [3.63, 3.8) is 0 Å². The average Bonchev–Trinajstić information content (AvgIpc) is 2.48. The van der Waals surface area contributed by atoms with Gasteiger partial charge in [0.2, 0.25) is 0 Å². The maximum atomic E-state index is 12.1. The van der Waals surface area contributed by atoms with Gasteiger partial charge in [-0.15, -0.1) is 0 Å². The van der Waals surface area contributed by atoms with Crippen LogP contribution in [-0.2, 0) is 16.1 Å². The van der Waals surface area contributed by atoms with Crippen LogP contribution in [-0.4, -0.2) is 58.0 Å². The maximum absolute atomic E-state index is 12.1. The van der Waals surface area contributed by atoms with Crippen LogP contribution in [0.4, 0.5) is 5.69 Å². The molecule has 1 saturated heterocycles. The van der Waals surface area contributed by atoms with Crippen LogP contribution >= 0.6 is 0 Å². The summed E-state index contributed by atoms with van der Waals surface area (Å²) >= 11 is 0. The smallest absolute Gasteiger partial charge is 0.320 e. The Hall–Kier alpha value is -1.99. The van der Waals surface area contributed by atoms with Crippen molar-refractivity contribution < 1.29 is 14.5 Å². The van der Waals surface area contributed by atoms with Gasteiger partial charge in [-0.05, 0) is 40.2 Å². The number of carbonyl (C=O) groups is 1. The lowest BCUT2D eigenvalue weighted by molar-refractivity contribution is -0.384. The maximum Gasteiger partial charge on any atom is 0.320 e. The van der Waals surface area contributed by atoms with Gasteiger partial charge in [-0.1, -0.05) is 12.1 Å². The van der Waals surface area contributed by atoms with Crippen LogP contribution in [0.1, 0.15) is 40.2 Å². The molecule has 0 saturated carbocycles. The normalized spacial score (nSPS) is 18.5. The zero-order valence-electron chi connectivity index (χ0n) is 16.3. The summed E-state index contributed by atoms with van der Waals surface area (Å²) in [7, 11) is 0. The van der Waals surface area contributed by atoms with Crippen LogP contribution < -0.4 is 0 Å². The van der Waals surface area contributed by atoms with Crippen molar-refractivity contribution in [2.24, 2.45) is 0 Å². The Morgan fingerprint density at radius 3 is 2.58 bits per heavy atom. The molecule has 0 aliphatic carbocycles. The molecule has 2 rings (SSSR count). The van der Waals surface area contributed by atoms with Crippen LogP contribution in [0.2, 0.25) is 0 Å². The van der Waals surface area contributed by atoms with Gasteiger partial charge < -0.3 is 4.74 Å². The van der Waals surface area contributed by atoms with E-state index in [0.29, 0.717) is 6.54 Å². The predicted molar refractivity (Wildman–Crippen MR) is 99.9 cm³/mol.